The molecular weight excluding hydrogens is 310 g/mol. The van der Waals surface area contributed by atoms with Crippen molar-refractivity contribution < 1.29 is 4.79 Å². The number of H-pyrrole nitrogens is 1. The zero-order chi connectivity index (χ0) is 15.8. The number of hydrogen-bond acceptors (Lipinski definition) is 1. The molecule has 0 aliphatic carbocycles. The van der Waals surface area contributed by atoms with Crippen LogP contribution in [0, 0.1) is 0 Å². The van der Waals surface area contributed by atoms with Crippen LogP contribution in [0.2, 0.25) is 5.02 Å². The van der Waals surface area contributed by atoms with Gasteiger partial charge in [0.15, 0.2) is 0 Å². The maximum Gasteiger partial charge on any atom is 0.244 e. The second-order valence-electron chi connectivity index (χ2n) is 5.44. The van der Waals surface area contributed by atoms with E-state index >= 15 is 0 Å². The third kappa shape index (κ3) is 2.58. The molecule has 2 N–H and O–H groups in total. The highest BCUT2D eigenvalue weighted by Gasteiger charge is 2.08. The molecule has 0 radical (unpaired) electrons. The molecule has 23 heavy (non-hydrogen) atoms. The predicted octanol–water partition coefficient (Wildman–Crippen LogP) is 4.41. The smallest absolute Gasteiger partial charge is 0.244 e. The summed E-state index contributed by atoms with van der Waals surface area (Å²) in [6.45, 7) is 0.243. The lowest BCUT2D eigenvalue weighted by Crippen LogP contribution is -2.18. The summed E-state index contributed by atoms with van der Waals surface area (Å²) < 4.78 is 1.89. The SMILES string of the molecule is O=C(Cn1ccc2c(Cl)cccc21)Nc1ccc2cc[nH]c2c1. The molecule has 4 rings (SSSR count). The molecule has 0 saturated heterocycles. The molecule has 0 aliphatic heterocycles. The molecule has 2 heterocycles. The molecule has 4 nitrogen and oxygen atoms in total. The maximum absolute atomic E-state index is 12.3. The van der Waals surface area contributed by atoms with Crippen LogP contribution in [0.25, 0.3) is 21.8 Å². The summed E-state index contributed by atoms with van der Waals surface area (Å²) in [5, 5.41) is 5.70. The lowest BCUT2D eigenvalue weighted by molar-refractivity contribution is -0.116. The Balaban J connectivity index is 1.56. The van der Waals surface area contributed by atoms with Gasteiger partial charge in [-0.05, 0) is 41.8 Å². The number of halogens is 1. The Hall–Kier alpha value is -2.72. The standard InChI is InChI=1S/C18H14ClN3O/c19-15-2-1-3-17-14(15)7-9-22(17)11-18(23)21-13-5-4-12-6-8-20-16(12)10-13/h1-10,20H,11H2,(H,21,23). The number of anilines is 1. The van der Waals surface area contributed by atoms with Crippen LogP contribution in [-0.2, 0) is 11.3 Å². The normalized spacial score (nSPS) is 11.2. The first-order valence-corrected chi connectivity index (χ1v) is 7.69. The maximum atomic E-state index is 12.3. The topological polar surface area (TPSA) is 49.8 Å². The van der Waals surface area contributed by atoms with Crippen molar-refractivity contribution in [2.45, 2.75) is 6.54 Å². The van der Waals surface area contributed by atoms with Crippen molar-refractivity contribution in [2.75, 3.05) is 5.32 Å². The third-order valence-corrected chi connectivity index (χ3v) is 4.24. The zero-order valence-electron chi connectivity index (χ0n) is 12.2. The molecule has 0 saturated carbocycles. The van der Waals surface area contributed by atoms with E-state index < -0.39 is 0 Å². The van der Waals surface area contributed by atoms with Crippen molar-refractivity contribution in [1.82, 2.24) is 9.55 Å². The summed E-state index contributed by atoms with van der Waals surface area (Å²) in [5.41, 5.74) is 2.73. The van der Waals surface area contributed by atoms with E-state index in [1.54, 1.807) is 0 Å². The summed E-state index contributed by atoms with van der Waals surface area (Å²) >= 11 is 6.16. The molecule has 1 amide bonds. The molecule has 4 aromatic rings. The Bertz CT molecular complexity index is 1020. The Morgan fingerprint density at radius 3 is 3.00 bits per heavy atom. The zero-order valence-corrected chi connectivity index (χ0v) is 13.0. The fourth-order valence-electron chi connectivity index (χ4n) is 2.80. The number of amides is 1. The number of nitrogens with zero attached hydrogens (tertiary/aromatic N) is 1. The first-order chi connectivity index (χ1) is 11.2. The third-order valence-electron chi connectivity index (χ3n) is 3.91. The van der Waals surface area contributed by atoms with E-state index in [-0.39, 0.29) is 12.5 Å². The van der Waals surface area contributed by atoms with Crippen LogP contribution in [0.1, 0.15) is 0 Å². The molecule has 114 valence electrons. The summed E-state index contributed by atoms with van der Waals surface area (Å²) in [6, 6.07) is 15.4. The van der Waals surface area contributed by atoms with E-state index in [9.17, 15) is 4.79 Å². The van der Waals surface area contributed by atoms with Crippen LogP contribution >= 0.6 is 11.6 Å². The van der Waals surface area contributed by atoms with E-state index in [2.05, 4.69) is 10.3 Å². The van der Waals surface area contributed by atoms with Gasteiger partial charge in [0.1, 0.15) is 6.54 Å². The van der Waals surface area contributed by atoms with Crippen molar-refractivity contribution in [3.63, 3.8) is 0 Å². The summed E-state index contributed by atoms with van der Waals surface area (Å²) in [5.74, 6) is -0.0756. The van der Waals surface area contributed by atoms with E-state index in [4.69, 9.17) is 11.6 Å². The minimum absolute atomic E-state index is 0.0756. The number of carbonyl (C=O) groups is 1. The monoisotopic (exact) mass is 323 g/mol. The molecule has 2 aromatic carbocycles. The number of nitrogens with one attached hydrogen (secondary N) is 2. The molecule has 0 unspecified atom stereocenters. The van der Waals surface area contributed by atoms with Crippen LogP contribution in [0.15, 0.2) is 60.9 Å². The quantitative estimate of drug-likeness (QED) is 0.576. The Morgan fingerprint density at radius 1 is 1.17 bits per heavy atom. The highest BCUT2D eigenvalue weighted by atomic mass is 35.5. The van der Waals surface area contributed by atoms with Gasteiger partial charge >= 0.3 is 0 Å². The van der Waals surface area contributed by atoms with Gasteiger partial charge in [0, 0.05) is 39.5 Å². The van der Waals surface area contributed by atoms with Crippen molar-refractivity contribution in [3.05, 3.63) is 65.9 Å². The van der Waals surface area contributed by atoms with Crippen LogP contribution in [0.3, 0.4) is 0 Å². The number of fused-ring (bicyclic) bond motifs is 2. The Morgan fingerprint density at radius 2 is 2.09 bits per heavy atom. The minimum Gasteiger partial charge on any atom is -0.361 e. The molecule has 0 atom stereocenters. The minimum atomic E-state index is -0.0756. The van der Waals surface area contributed by atoms with Crippen LogP contribution < -0.4 is 5.32 Å². The molecule has 5 heteroatoms. The first kappa shape index (κ1) is 13.9. The van der Waals surface area contributed by atoms with Crippen molar-refractivity contribution in [1.29, 1.82) is 0 Å². The fourth-order valence-corrected chi connectivity index (χ4v) is 3.04. The van der Waals surface area contributed by atoms with Gasteiger partial charge in [-0.2, -0.15) is 0 Å². The Kier molecular flexibility index (Phi) is 3.32. The number of rotatable bonds is 3. The van der Waals surface area contributed by atoms with Gasteiger partial charge in [-0.25, -0.2) is 0 Å². The lowest BCUT2D eigenvalue weighted by Gasteiger charge is -2.08. The van der Waals surface area contributed by atoms with Crippen LogP contribution in [0.4, 0.5) is 5.69 Å². The van der Waals surface area contributed by atoms with Crippen LogP contribution in [-0.4, -0.2) is 15.5 Å². The average Bonchev–Trinajstić information content (AvgIpc) is 3.15. The Labute approximate surface area is 137 Å². The predicted molar refractivity (Wildman–Crippen MR) is 93.9 cm³/mol. The number of carbonyl (C=O) groups excluding carboxylic acids is 1. The van der Waals surface area contributed by atoms with Gasteiger partial charge in [-0.15, -0.1) is 0 Å². The van der Waals surface area contributed by atoms with Crippen molar-refractivity contribution >= 4 is 45.0 Å². The van der Waals surface area contributed by atoms with Gasteiger partial charge in [-0.3, -0.25) is 4.79 Å². The van der Waals surface area contributed by atoms with Crippen LogP contribution in [0.5, 0.6) is 0 Å². The lowest BCUT2D eigenvalue weighted by atomic mass is 10.2. The average molecular weight is 324 g/mol. The summed E-state index contributed by atoms with van der Waals surface area (Å²) in [4.78, 5) is 15.4. The van der Waals surface area contributed by atoms with Gasteiger partial charge in [-0.1, -0.05) is 23.7 Å². The molecule has 2 aromatic heterocycles. The van der Waals surface area contributed by atoms with Crippen molar-refractivity contribution in [2.24, 2.45) is 0 Å². The second-order valence-corrected chi connectivity index (χ2v) is 5.85. The highest BCUT2D eigenvalue weighted by Crippen LogP contribution is 2.24. The van der Waals surface area contributed by atoms with E-state index in [1.807, 2.05) is 65.5 Å². The number of aromatic amines is 1. The molecule has 0 bridgehead atoms. The van der Waals surface area contributed by atoms with E-state index in [0.29, 0.717) is 5.02 Å². The first-order valence-electron chi connectivity index (χ1n) is 7.31. The number of benzene rings is 2. The van der Waals surface area contributed by atoms with E-state index in [0.717, 1.165) is 27.5 Å². The van der Waals surface area contributed by atoms with Gasteiger partial charge in [0.2, 0.25) is 5.91 Å². The molecular formula is C18H14ClN3O. The molecule has 0 spiro atoms. The second kappa shape index (κ2) is 5.48. The summed E-state index contributed by atoms with van der Waals surface area (Å²) in [6.07, 6.45) is 3.76. The molecule has 0 aliphatic rings. The van der Waals surface area contributed by atoms with Gasteiger partial charge in [0.05, 0.1) is 0 Å². The number of hydrogen-bond donors (Lipinski definition) is 2. The van der Waals surface area contributed by atoms with Crippen molar-refractivity contribution in [3.8, 4) is 0 Å². The van der Waals surface area contributed by atoms with E-state index in [1.165, 1.54) is 0 Å². The summed E-state index contributed by atoms with van der Waals surface area (Å²) in [7, 11) is 0. The number of aromatic nitrogens is 2. The largest absolute Gasteiger partial charge is 0.361 e. The highest BCUT2D eigenvalue weighted by molar-refractivity contribution is 6.35. The van der Waals surface area contributed by atoms with Gasteiger partial charge in [0.25, 0.3) is 0 Å². The van der Waals surface area contributed by atoms with Gasteiger partial charge < -0.3 is 14.9 Å². The molecule has 0 fully saturated rings. The fraction of sp³-hybridized carbons (Fsp3) is 0.0556.